The maximum absolute atomic E-state index is 14.5. The molecule has 0 amide bonds. The van der Waals surface area contributed by atoms with Crippen LogP contribution in [0.2, 0.25) is 0 Å². The number of carboxylic acids is 1. The number of hydrogen-bond acceptors (Lipinski definition) is 1. The van der Waals surface area contributed by atoms with Crippen LogP contribution in [0, 0.1) is 5.82 Å². The first-order valence-corrected chi connectivity index (χ1v) is 6.99. The van der Waals surface area contributed by atoms with Crippen LogP contribution in [0.1, 0.15) is 31.9 Å². The van der Waals surface area contributed by atoms with E-state index in [0.717, 1.165) is 17.5 Å². The minimum atomic E-state index is -1.11. The molecule has 3 heteroatoms. The van der Waals surface area contributed by atoms with Gasteiger partial charge in [-0.1, -0.05) is 43.3 Å². The Morgan fingerprint density at radius 3 is 2.38 bits per heavy atom. The molecule has 0 bridgehead atoms. The zero-order valence-electron chi connectivity index (χ0n) is 12.5. The van der Waals surface area contributed by atoms with Crippen molar-refractivity contribution in [1.82, 2.24) is 0 Å². The third-order valence-corrected chi connectivity index (χ3v) is 3.91. The van der Waals surface area contributed by atoms with Crippen molar-refractivity contribution in [3.05, 3.63) is 59.4 Å². The van der Waals surface area contributed by atoms with Crippen molar-refractivity contribution in [3.8, 4) is 11.1 Å². The number of carboxylic acid groups (broad SMARTS) is 1. The summed E-state index contributed by atoms with van der Waals surface area (Å²) in [6.07, 6.45) is 0.817. The zero-order valence-corrected chi connectivity index (χ0v) is 12.5. The van der Waals surface area contributed by atoms with Gasteiger partial charge in [0.1, 0.15) is 5.82 Å². The second-order valence-corrected chi connectivity index (χ2v) is 5.64. The van der Waals surface area contributed by atoms with E-state index in [0.29, 0.717) is 11.1 Å². The summed E-state index contributed by atoms with van der Waals surface area (Å²) in [6.45, 7) is 5.17. The van der Waals surface area contributed by atoms with Gasteiger partial charge in [0, 0.05) is 5.56 Å². The van der Waals surface area contributed by atoms with E-state index in [9.17, 15) is 14.3 Å². The molecule has 2 rings (SSSR count). The molecule has 0 radical (unpaired) electrons. The highest BCUT2D eigenvalue weighted by Gasteiger charge is 2.30. The maximum Gasteiger partial charge on any atom is 0.313 e. The van der Waals surface area contributed by atoms with Crippen LogP contribution in [0.15, 0.2) is 42.5 Å². The van der Waals surface area contributed by atoms with Crippen LogP contribution >= 0.6 is 0 Å². The van der Waals surface area contributed by atoms with E-state index in [1.165, 1.54) is 6.07 Å². The quantitative estimate of drug-likeness (QED) is 0.903. The highest BCUT2D eigenvalue weighted by Crippen LogP contribution is 2.31. The van der Waals surface area contributed by atoms with E-state index in [1.54, 1.807) is 26.0 Å². The van der Waals surface area contributed by atoms with Crippen molar-refractivity contribution >= 4 is 5.97 Å². The molecule has 0 aromatic heterocycles. The van der Waals surface area contributed by atoms with Gasteiger partial charge in [-0.3, -0.25) is 4.79 Å². The van der Waals surface area contributed by atoms with Crippen molar-refractivity contribution in [2.24, 2.45) is 0 Å². The van der Waals surface area contributed by atoms with Gasteiger partial charge in [-0.05, 0) is 43.0 Å². The molecule has 21 heavy (non-hydrogen) atoms. The van der Waals surface area contributed by atoms with E-state index in [4.69, 9.17) is 0 Å². The summed E-state index contributed by atoms with van der Waals surface area (Å²) in [4.78, 5) is 11.3. The third kappa shape index (κ3) is 2.82. The lowest BCUT2D eigenvalue weighted by Crippen LogP contribution is -2.28. The molecule has 0 aliphatic heterocycles. The SMILES string of the molecule is CCc1ccccc1-c1ccc(C(C)(C)C(=O)O)cc1F. The van der Waals surface area contributed by atoms with Gasteiger partial charge < -0.3 is 5.11 Å². The smallest absolute Gasteiger partial charge is 0.313 e. The molecule has 2 nitrogen and oxygen atoms in total. The second kappa shape index (κ2) is 5.68. The Morgan fingerprint density at radius 2 is 1.81 bits per heavy atom. The van der Waals surface area contributed by atoms with Crippen molar-refractivity contribution in [3.63, 3.8) is 0 Å². The number of benzene rings is 2. The number of aliphatic carboxylic acids is 1. The fraction of sp³-hybridized carbons (Fsp3) is 0.278. The summed E-state index contributed by atoms with van der Waals surface area (Å²) in [5, 5.41) is 9.23. The molecule has 0 unspecified atom stereocenters. The minimum absolute atomic E-state index is 0.386. The Hall–Kier alpha value is -2.16. The topological polar surface area (TPSA) is 37.3 Å². The predicted molar refractivity (Wildman–Crippen MR) is 81.9 cm³/mol. The Bertz CT molecular complexity index is 675. The van der Waals surface area contributed by atoms with Crippen LogP contribution in [0.3, 0.4) is 0 Å². The number of rotatable bonds is 4. The van der Waals surface area contributed by atoms with Crippen molar-refractivity contribution in [2.75, 3.05) is 0 Å². The summed E-state index contributed by atoms with van der Waals surface area (Å²) in [5.74, 6) is -1.36. The summed E-state index contributed by atoms with van der Waals surface area (Å²) in [7, 11) is 0. The van der Waals surface area contributed by atoms with Gasteiger partial charge in [0.25, 0.3) is 0 Å². The zero-order chi connectivity index (χ0) is 15.6. The van der Waals surface area contributed by atoms with Crippen molar-refractivity contribution in [2.45, 2.75) is 32.6 Å². The first kappa shape index (κ1) is 15.2. The molecule has 0 fully saturated rings. The van der Waals surface area contributed by atoms with Gasteiger partial charge in [-0.2, -0.15) is 0 Å². The highest BCUT2D eigenvalue weighted by molar-refractivity contribution is 5.80. The van der Waals surface area contributed by atoms with E-state index >= 15 is 0 Å². The fourth-order valence-corrected chi connectivity index (χ4v) is 2.34. The lowest BCUT2D eigenvalue weighted by atomic mass is 9.83. The first-order valence-electron chi connectivity index (χ1n) is 6.99. The van der Waals surface area contributed by atoms with E-state index in [-0.39, 0.29) is 5.82 Å². The van der Waals surface area contributed by atoms with E-state index < -0.39 is 11.4 Å². The molecule has 0 aliphatic rings. The van der Waals surface area contributed by atoms with Gasteiger partial charge >= 0.3 is 5.97 Å². The van der Waals surface area contributed by atoms with Crippen molar-refractivity contribution in [1.29, 1.82) is 0 Å². The van der Waals surface area contributed by atoms with Crippen LogP contribution in [-0.2, 0) is 16.6 Å². The molecular formula is C18H19FO2. The van der Waals surface area contributed by atoms with Gasteiger partial charge in [-0.25, -0.2) is 4.39 Å². The molecule has 0 heterocycles. The first-order chi connectivity index (χ1) is 9.87. The van der Waals surface area contributed by atoms with Gasteiger partial charge in [0.05, 0.1) is 5.41 Å². The fourth-order valence-electron chi connectivity index (χ4n) is 2.34. The Kier molecular flexibility index (Phi) is 4.12. The van der Waals surface area contributed by atoms with Crippen molar-refractivity contribution < 1.29 is 14.3 Å². The summed E-state index contributed by atoms with van der Waals surface area (Å²) in [5.41, 5.74) is 1.80. The van der Waals surface area contributed by atoms with Crippen LogP contribution in [-0.4, -0.2) is 11.1 Å². The van der Waals surface area contributed by atoms with Gasteiger partial charge in [0.2, 0.25) is 0 Å². The molecule has 0 saturated carbocycles. The Labute approximate surface area is 124 Å². The van der Waals surface area contributed by atoms with Crippen LogP contribution in [0.4, 0.5) is 4.39 Å². The number of hydrogen-bond donors (Lipinski definition) is 1. The van der Waals surface area contributed by atoms with Crippen LogP contribution < -0.4 is 0 Å². The lowest BCUT2D eigenvalue weighted by molar-refractivity contribution is -0.142. The number of carbonyl (C=O) groups is 1. The Balaban J connectivity index is 2.52. The Morgan fingerprint density at radius 1 is 1.14 bits per heavy atom. The molecule has 2 aromatic carbocycles. The molecule has 0 spiro atoms. The summed E-state index contributed by atoms with van der Waals surface area (Å²) in [6, 6.07) is 12.4. The number of halogens is 1. The summed E-state index contributed by atoms with van der Waals surface area (Å²) >= 11 is 0. The predicted octanol–water partition coefficient (Wildman–Crippen LogP) is 4.42. The third-order valence-electron chi connectivity index (χ3n) is 3.91. The average Bonchev–Trinajstić information content (AvgIpc) is 2.47. The standard InChI is InChI=1S/C18H19FO2/c1-4-12-7-5-6-8-14(12)15-10-9-13(11-16(15)19)18(2,3)17(20)21/h5-11H,4H2,1-3H3,(H,20,21). The molecule has 2 aromatic rings. The number of aryl methyl sites for hydroxylation is 1. The highest BCUT2D eigenvalue weighted by atomic mass is 19.1. The van der Waals surface area contributed by atoms with Gasteiger partial charge in [-0.15, -0.1) is 0 Å². The minimum Gasteiger partial charge on any atom is -0.481 e. The maximum atomic E-state index is 14.5. The van der Waals surface area contributed by atoms with Crippen LogP contribution in [0.25, 0.3) is 11.1 Å². The largest absolute Gasteiger partial charge is 0.481 e. The molecule has 1 N–H and O–H groups in total. The monoisotopic (exact) mass is 286 g/mol. The van der Waals surface area contributed by atoms with Gasteiger partial charge in [0.15, 0.2) is 0 Å². The molecule has 0 atom stereocenters. The second-order valence-electron chi connectivity index (χ2n) is 5.64. The lowest BCUT2D eigenvalue weighted by Gasteiger charge is -2.20. The average molecular weight is 286 g/mol. The van der Waals surface area contributed by atoms with E-state index in [1.807, 2.05) is 31.2 Å². The molecule has 0 aliphatic carbocycles. The molecule has 110 valence electrons. The molecular weight excluding hydrogens is 267 g/mol. The normalized spacial score (nSPS) is 11.4. The van der Waals surface area contributed by atoms with Crippen LogP contribution in [0.5, 0.6) is 0 Å². The molecule has 0 saturated heterocycles. The summed E-state index contributed by atoms with van der Waals surface area (Å²) < 4.78 is 14.5. The van der Waals surface area contributed by atoms with E-state index in [2.05, 4.69) is 0 Å².